The van der Waals surface area contributed by atoms with E-state index in [4.69, 9.17) is 16.3 Å². The van der Waals surface area contributed by atoms with Gasteiger partial charge in [0.05, 0.1) is 11.1 Å². The molecule has 1 unspecified atom stereocenters. The maximum atomic E-state index is 13.3. The molecule has 19 heavy (non-hydrogen) atoms. The maximum Gasteiger partial charge on any atom is 0.145 e. The molecule has 2 aromatic rings. The number of rotatable bonds is 3. The monoisotopic (exact) mass is 284 g/mol. The Morgan fingerprint density at radius 3 is 2.53 bits per heavy atom. The van der Waals surface area contributed by atoms with Gasteiger partial charge in [0.25, 0.3) is 0 Å². The molecule has 0 aliphatic carbocycles. The highest BCUT2D eigenvalue weighted by Gasteiger charge is 2.12. The Hall–Kier alpha value is -1.65. The lowest BCUT2D eigenvalue weighted by Crippen LogP contribution is -1.97. The molecule has 0 spiro atoms. The summed E-state index contributed by atoms with van der Waals surface area (Å²) in [5.41, 5.74) is 0.287. The van der Waals surface area contributed by atoms with Crippen molar-refractivity contribution in [3.8, 4) is 11.5 Å². The van der Waals surface area contributed by atoms with Gasteiger partial charge < -0.3 is 9.84 Å². The fourth-order valence-electron chi connectivity index (χ4n) is 1.61. The summed E-state index contributed by atoms with van der Waals surface area (Å²) in [6.07, 6.45) is -0.900. The van der Waals surface area contributed by atoms with E-state index < -0.39 is 17.7 Å². The second-order valence-electron chi connectivity index (χ2n) is 4.04. The quantitative estimate of drug-likeness (QED) is 0.901. The molecule has 0 saturated carbocycles. The molecule has 2 nitrogen and oxygen atoms in total. The lowest BCUT2D eigenvalue weighted by atomic mass is 10.1. The average Bonchev–Trinajstić information content (AvgIpc) is 2.36. The normalized spacial score (nSPS) is 12.3. The van der Waals surface area contributed by atoms with Gasteiger partial charge in [-0.15, -0.1) is 0 Å². The van der Waals surface area contributed by atoms with Gasteiger partial charge in [0, 0.05) is 11.6 Å². The number of hydrogen-bond donors (Lipinski definition) is 1. The van der Waals surface area contributed by atoms with Gasteiger partial charge in [0.2, 0.25) is 0 Å². The zero-order valence-corrected chi connectivity index (χ0v) is 10.8. The predicted octanol–water partition coefficient (Wildman–Crippen LogP) is 4.46. The number of benzene rings is 2. The van der Waals surface area contributed by atoms with Gasteiger partial charge in [-0.2, -0.15) is 0 Å². The van der Waals surface area contributed by atoms with E-state index in [2.05, 4.69) is 0 Å². The third-order valence-electron chi connectivity index (χ3n) is 2.54. The van der Waals surface area contributed by atoms with Crippen LogP contribution in [0, 0.1) is 11.6 Å². The lowest BCUT2D eigenvalue weighted by Gasteiger charge is -2.13. The molecule has 0 heterocycles. The summed E-state index contributed by atoms with van der Waals surface area (Å²) >= 11 is 5.57. The molecule has 0 amide bonds. The summed E-state index contributed by atoms with van der Waals surface area (Å²) in [5, 5.41) is 9.55. The minimum Gasteiger partial charge on any atom is -0.457 e. The lowest BCUT2D eigenvalue weighted by molar-refractivity contribution is 0.195. The van der Waals surface area contributed by atoms with Crippen LogP contribution in [0.4, 0.5) is 8.78 Å². The molecule has 1 atom stereocenters. The van der Waals surface area contributed by atoms with Crippen molar-refractivity contribution in [2.24, 2.45) is 0 Å². The number of hydrogen-bond acceptors (Lipinski definition) is 2. The Morgan fingerprint density at radius 2 is 1.89 bits per heavy atom. The van der Waals surface area contributed by atoms with Crippen LogP contribution in [0.15, 0.2) is 36.4 Å². The van der Waals surface area contributed by atoms with Crippen LogP contribution in [-0.2, 0) is 0 Å². The van der Waals surface area contributed by atoms with Crippen LogP contribution in [0.1, 0.15) is 18.6 Å². The minimum absolute atomic E-state index is 0.0118. The van der Waals surface area contributed by atoms with E-state index in [0.29, 0.717) is 0 Å². The Morgan fingerprint density at radius 1 is 1.16 bits per heavy atom. The number of halogens is 3. The Balaban J connectivity index is 2.35. The van der Waals surface area contributed by atoms with E-state index in [9.17, 15) is 13.9 Å². The molecular formula is C14H11ClF2O2. The van der Waals surface area contributed by atoms with Gasteiger partial charge in [-0.1, -0.05) is 11.6 Å². The molecule has 2 aromatic carbocycles. The van der Waals surface area contributed by atoms with Gasteiger partial charge in [-0.25, -0.2) is 8.78 Å². The van der Waals surface area contributed by atoms with Crippen LogP contribution in [0.2, 0.25) is 5.02 Å². The second-order valence-corrected chi connectivity index (χ2v) is 4.44. The highest BCUT2D eigenvalue weighted by molar-refractivity contribution is 6.30. The van der Waals surface area contributed by atoms with Crippen LogP contribution in [0.25, 0.3) is 0 Å². The van der Waals surface area contributed by atoms with Gasteiger partial charge in [-0.05, 0) is 37.3 Å². The first-order chi connectivity index (χ1) is 8.97. The van der Waals surface area contributed by atoms with Crippen molar-refractivity contribution in [1.82, 2.24) is 0 Å². The van der Waals surface area contributed by atoms with Crippen molar-refractivity contribution in [1.29, 1.82) is 0 Å². The summed E-state index contributed by atoms with van der Waals surface area (Å²) in [6, 6.07) is 7.72. The Bertz CT molecular complexity index is 600. The SMILES string of the molecule is CC(O)c1cc(F)ccc1Oc1ccc(Cl)c(F)c1. The molecule has 100 valence electrons. The first kappa shape index (κ1) is 13.8. The standard InChI is InChI=1S/C14H11ClF2O2/c1-8(18)11-6-9(16)2-5-14(11)19-10-3-4-12(15)13(17)7-10/h2-8,18H,1H3. The summed E-state index contributed by atoms with van der Waals surface area (Å²) in [7, 11) is 0. The van der Waals surface area contributed by atoms with Crippen molar-refractivity contribution in [3.05, 3.63) is 58.6 Å². The highest BCUT2D eigenvalue weighted by Crippen LogP contribution is 2.31. The van der Waals surface area contributed by atoms with E-state index in [1.54, 1.807) is 0 Å². The molecule has 0 aliphatic rings. The van der Waals surface area contributed by atoms with Gasteiger partial charge in [-0.3, -0.25) is 0 Å². The van der Waals surface area contributed by atoms with Crippen molar-refractivity contribution in [2.45, 2.75) is 13.0 Å². The van der Waals surface area contributed by atoms with Gasteiger partial charge >= 0.3 is 0 Å². The third kappa shape index (κ3) is 3.22. The second kappa shape index (κ2) is 5.55. The fourth-order valence-corrected chi connectivity index (χ4v) is 1.72. The van der Waals surface area contributed by atoms with Crippen LogP contribution < -0.4 is 4.74 Å². The van der Waals surface area contributed by atoms with E-state index in [1.165, 1.54) is 37.3 Å². The van der Waals surface area contributed by atoms with E-state index in [-0.39, 0.29) is 22.1 Å². The summed E-state index contributed by atoms with van der Waals surface area (Å²) in [5.74, 6) is -0.612. The van der Waals surface area contributed by atoms with Crippen molar-refractivity contribution < 1.29 is 18.6 Å². The van der Waals surface area contributed by atoms with Gasteiger partial charge in [0.1, 0.15) is 23.1 Å². The molecule has 2 rings (SSSR count). The van der Waals surface area contributed by atoms with Crippen molar-refractivity contribution >= 4 is 11.6 Å². The Kier molecular flexibility index (Phi) is 4.02. The average molecular weight is 285 g/mol. The molecule has 0 aromatic heterocycles. The van der Waals surface area contributed by atoms with Crippen LogP contribution in [0.5, 0.6) is 11.5 Å². The summed E-state index contributed by atoms with van der Waals surface area (Å²) in [4.78, 5) is 0. The third-order valence-corrected chi connectivity index (χ3v) is 2.85. The Labute approximate surface area is 114 Å². The smallest absolute Gasteiger partial charge is 0.145 e. The van der Waals surface area contributed by atoms with Crippen molar-refractivity contribution in [2.75, 3.05) is 0 Å². The van der Waals surface area contributed by atoms with E-state index >= 15 is 0 Å². The zero-order chi connectivity index (χ0) is 14.0. The molecule has 5 heteroatoms. The van der Waals surface area contributed by atoms with Crippen LogP contribution in [-0.4, -0.2) is 5.11 Å². The summed E-state index contributed by atoms with van der Waals surface area (Å²) in [6.45, 7) is 1.49. The number of aliphatic hydroxyl groups is 1. The highest BCUT2D eigenvalue weighted by atomic mass is 35.5. The topological polar surface area (TPSA) is 29.5 Å². The van der Waals surface area contributed by atoms with E-state index in [1.807, 2.05) is 0 Å². The van der Waals surface area contributed by atoms with E-state index in [0.717, 1.165) is 6.07 Å². The molecule has 0 fully saturated rings. The molecule has 0 bridgehead atoms. The maximum absolute atomic E-state index is 13.3. The fraction of sp³-hybridized carbons (Fsp3) is 0.143. The number of ether oxygens (including phenoxy) is 1. The largest absolute Gasteiger partial charge is 0.457 e. The molecule has 0 aliphatic heterocycles. The zero-order valence-electron chi connectivity index (χ0n) is 10.0. The van der Waals surface area contributed by atoms with Crippen LogP contribution in [0.3, 0.4) is 0 Å². The molecular weight excluding hydrogens is 274 g/mol. The first-order valence-electron chi connectivity index (χ1n) is 5.58. The summed E-state index contributed by atoms with van der Waals surface area (Å²) < 4.78 is 31.8. The predicted molar refractivity (Wildman–Crippen MR) is 68.5 cm³/mol. The van der Waals surface area contributed by atoms with Crippen LogP contribution >= 0.6 is 11.6 Å². The minimum atomic E-state index is -0.900. The number of aliphatic hydroxyl groups excluding tert-OH is 1. The molecule has 0 radical (unpaired) electrons. The van der Waals surface area contributed by atoms with Crippen molar-refractivity contribution in [3.63, 3.8) is 0 Å². The van der Waals surface area contributed by atoms with Gasteiger partial charge in [0.15, 0.2) is 0 Å². The molecule has 0 saturated heterocycles. The first-order valence-corrected chi connectivity index (χ1v) is 5.95. The molecule has 1 N–H and O–H groups in total.